The Morgan fingerprint density at radius 2 is 1.44 bits per heavy atom. The Balaban J connectivity index is 0.633. The average molecular weight is 1510 g/mol. The highest BCUT2D eigenvalue weighted by Gasteiger charge is 2.46. The van der Waals surface area contributed by atoms with E-state index in [1.54, 1.807) is 33.8 Å². The third-order valence-electron chi connectivity index (χ3n) is 19.4. The van der Waals surface area contributed by atoms with Gasteiger partial charge in [-0.2, -0.15) is 0 Å². The van der Waals surface area contributed by atoms with Gasteiger partial charge in [-0.25, -0.2) is 28.6 Å². The molecule has 12 N–H and O–H groups in total. The van der Waals surface area contributed by atoms with E-state index in [1.807, 2.05) is 36.4 Å². The maximum atomic E-state index is 15.4. The number of halogens is 1. The molecule has 2 aliphatic carbocycles. The molecule has 2 aromatic heterocycles. The average Bonchev–Trinajstić information content (AvgIpc) is 1.59. The van der Waals surface area contributed by atoms with Crippen LogP contribution in [0.1, 0.15) is 128 Å². The van der Waals surface area contributed by atoms with Crippen LogP contribution in [0, 0.1) is 18.7 Å². The van der Waals surface area contributed by atoms with E-state index in [0.717, 1.165) is 22.3 Å². The number of methoxy groups -OCH3 is 1. The van der Waals surface area contributed by atoms with Crippen molar-refractivity contribution >= 4 is 82.2 Å². The van der Waals surface area contributed by atoms with Gasteiger partial charge in [0.25, 0.3) is 5.56 Å². The predicted molar refractivity (Wildman–Crippen MR) is 389 cm³/mol. The van der Waals surface area contributed by atoms with Crippen LogP contribution in [0.3, 0.4) is 0 Å². The number of esters is 2. The number of benzene rings is 4. The van der Waals surface area contributed by atoms with E-state index < -0.39 is 133 Å². The summed E-state index contributed by atoms with van der Waals surface area (Å²) >= 11 is 0. The molecule has 6 aromatic rings. The van der Waals surface area contributed by atoms with Crippen LogP contribution < -0.4 is 59.1 Å². The molecular formula is C76H89FN12O20. The number of nitrogens with two attached hydrogens (primary N) is 1. The number of alkyl carbamates (subject to hydrolysis) is 2. The van der Waals surface area contributed by atoms with Crippen LogP contribution in [0.2, 0.25) is 0 Å². The van der Waals surface area contributed by atoms with Crippen LogP contribution in [0.15, 0.2) is 89.7 Å². The van der Waals surface area contributed by atoms with Gasteiger partial charge in [0.15, 0.2) is 5.60 Å². The highest BCUT2D eigenvalue weighted by Crippen LogP contribution is 2.47. The second kappa shape index (κ2) is 36.9. The number of anilines is 1. The van der Waals surface area contributed by atoms with E-state index in [0.29, 0.717) is 62.9 Å². The van der Waals surface area contributed by atoms with E-state index in [-0.39, 0.29) is 127 Å². The van der Waals surface area contributed by atoms with Crippen LogP contribution in [0.5, 0.6) is 0 Å². The number of aromatic nitrogens is 2. The van der Waals surface area contributed by atoms with Gasteiger partial charge in [0.1, 0.15) is 63.6 Å². The smallest absolute Gasteiger partial charge is 0.407 e. The van der Waals surface area contributed by atoms with Crippen molar-refractivity contribution in [3.8, 4) is 22.5 Å². The number of ether oxygens (including phenoxy) is 7. The van der Waals surface area contributed by atoms with Crippen molar-refractivity contribution in [3.63, 3.8) is 0 Å². The SMILES string of the molecule is CC[C@@]1(O)C(=O)OCc2c1cc1n(c2=O)Cc2c-1nc1cc(F)c(C)c3c1c2[C@@H](NC(=O)COCNC(=O)CNC(=O)OCc1ccc(NC(=O)[C@H](CCCNC(N)=O)NC(=O)[C@@H](NC(=O)[C@H](CCC(=O)OC)NC(=O)CCOCCOCCNC(=O)OCC2c4ccccc4-c4ccccc42)C(C)C)cc1)CC3. The number of fused-ring (bicyclic) bond motifs is 8. The number of aryl methyl sites for hydroxylation is 1. The summed E-state index contributed by atoms with van der Waals surface area (Å²) in [5.74, 6) is -6.81. The maximum Gasteiger partial charge on any atom is 0.407 e. The van der Waals surface area contributed by atoms with Gasteiger partial charge in [0, 0.05) is 60.1 Å². The Labute approximate surface area is 625 Å². The maximum absolute atomic E-state index is 15.4. The third-order valence-corrected chi connectivity index (χ3v) is 19.4. The number of carbonyl (C=O) groups is 11. The fraction of sp³-hybridized carbons (Fsp3) is 0.434. The molecule has 5 atom stereocenters. The van der Waals surface area contributed by atoms with Gasteiger partial charge in [0.05, 0.1) is 68.6 Å². The summed E-state index contributed by atoms with van der Waals surface area (Å²) in [7, 11) is 1.17. The van der Waals surface area contributed by atoms with Crippen molar-refractivity contribution in [1.82, 2.24) is 52.1 Å². The normalized spacial score (nSPS) is 15.7. The molecule has 0 saturated heterocycles. The molecule has 4 aliphatic rings. The van der Waals surface area contributed by atoms with Gasteiger partial charge in [-0.05, 0) is 114 Å². The first kappa shape index (κ1) is 80.1. The summed E-state index contributed by atoms with van der Waals surface area (Å²) in [5.41, 5.74) is 11.4. The number of aliphatic hydroxyl groups is 1. The Hall–Kier alpha value is -11.4. The molecular weight excluding hydrogens is 1420 g/mol. The zero-order chi connectivity index (χ0) is 78.1. The zero-order valence-electron chi connectivity index (χ0n) is 60.9. The molecule has 0 radical (unpaired) electrons. The number of pyridine rings is 2. The van der Waals surface area contributed by atoms with E-state index in [9.17, 15) is 62.6 Å². The zero-order valence-corrected chi connectivity index (χ0v) is 60.9. The summed E-state index contributed by atoms with van der Waals surface area (Å²) in [4.78, 5) is 162. The predicted octanol–water partition coefficient (Wildman–Crippen LogP) is 4.06. The van der Waals surface area contributed by atoms with Crippen molar-refractivity contribution in [2.45, 2.75) is 135 Å². The number of primary amides is 1. The molecule has 4 heterocycles. The van der Waals surface area contributed by atoms with E-state index >= 15 is 4.39 Å². The molecule has 33 heteroatoms. The van der Waals surface area contributed by atoms with Gasteiger partial charge >= 0.3 is 30.2 Å². The molecule has 4 aromatic carbocycles. The number of urea groups is 1. The fourth-order valence-electron chi connectivity index (χ4n) is 13.6. The number of hydrogen-bond acceptors (Lipinski definition) is 21. The molecule has 0 spiro atoms. The Bertz CT molecular complexity index is 4470. The minimum absolute atomic E-state index is 0.0186. The number of carbonyl (C=O) groups excluding carboxylic acids is 11. The van der Waals surface area contributed by atoms with Gasteiger partial charge in [0.2, 0.25) is 35.4 Å². The fourth-order valence-corrected chi connectivity index (χ4v) is 13.6. The minimum Gasteiger partial charge on any atom is -0.469 e. The molecule has 580 valence electrons. The first-order valence-electron chi connectivity index (χ1n) is 35.9. The lowest BCUT2D eigenvalue weighted by Crippen LogP contribution is -2.58. The van der Waals surface area contributed by atoms with Gasteiger partial charge < -0.3 is 96.4 Å². The lowest BCUT2D eigenvalue weighted by molar-refractivity contribution is -0.172. The highest BCUT2D eigenvalue weighted by atomic mass is 19.1. The van der Waals surface area contributed by atoms with Crippen molar-refractivity contribution in [3.05, 3.63) is 151 Å². The first-order chi connectivity index (χ1) is 52.4. The number of nitrogens with one attached hydrogen (secondary N) is 9. The highest BCUT2D eigenvalue weighted by molar-refractivity contribution is 5.99. The Morgan fingerprint density at radius 1 is 0.743 bits per heavy atom. The molecule has 0 unspecified atom stereocenters. The summed E-state index contributed by atoms with van der Waals surface area (Å²) in [5, 5.41) is 35.6. The molecule has 0 bridgehead atoms. The molecule has 2 aliphatic heterocycles. The molecule has 10 rings (SSSR count). The van der Waals surface area contributed by atoms with Gasteiger partial charge in [-0.1, -0.05) is 81.4 Å². The Morgan fingerprint density at radius 3 is 2.14 bits per heavy atom. The summed E-state index contributed by atoms with van der Waals surface area (Å²) < 4.78 is 54.3. The van der Waals surface area contributed by atoms with Crippen LogP contribution in [-0.4, -0.2) is 171 Å². The number of nitrogens with zero attached hydrogens (tertiary/aromatic N) is 2. The van der Waals surface area contributed by atoms with Crippen LogP contribution in [0.4, 0.5) is 24.5 Å². The standard InChI is InChI=1S/C76H89FN12O20/c1-6-76(102)53-32-59-67-50(35-89(59)71(97)52(53)38-107-72(76)98)65-55(22-21-45-42(4)54(77)33-58(86-67)64(45)65)84-62(92)39-106-40-82-61(91)34-81-75(101)108-36-43-17-19-44(20-18-43)83-68(94)56(16-11-26-79-73(78)99)87-70(96)66(41(2)3)88-69(95)57(23-24-63(93)103-5)85-60(90)25-28-104-30-31-105-29-27-80-74(100)109-37-51-48-14-9-7-12-46(48)47-13-8-10-15-49(47)51/h7-10,12-15,17-20,32-33,41,51,55-57,66,102H,6,11,16,21-31,34-40H2,1-5H3,(H,80,100)(H,81,101)(H,82,91)(H,83,94)(H,84,92)(H,85,90)(H,87,96)(H,88,95)(H3,78,79,99)/t55-,56-,57-,66-,76-/m0/s1. The quantitative estimate of drug-likeness (QED) is 0.0114. The minimum atomic E-state index is -2.07. The monoisotopic (exact) mass is 1510 g/mol. The van der Waals surface area contributed by atoms with Crippen molar-refractivity contribution in [2.75, 3.05) is 78.4 Å². The van der Waals surface area contributed by atoms with E-state index in [4.69, 9.17) is 43.9 Å². The van der Waals surface area contributed by atoms with Gasteiger partial charge in [-0.3, -0.25) is 38.4 Å². The molecule has 32 nitrogen and oxygen atoms in total. The number of amides is 10. The molecule has 0 fully saturated rings. The summed E-state index contributed by atoms with van der Waals surface area (Å²) in [6, 6.07) is 19.7. The third kappa shape index (κ3) is 19.7. The lowest BCUT2D eigenvalue weighted by Gasteiger charge is -2.31. The van der Waals surface area contributed by atoms with Crippen molar-refractivity contribution in [1.29, 1.82) is 0 Å². The van der Waals surface area contributed by atoms with Gasteiger partial charge in [-0.15, -0.1) is 0 Å². The van der Waals surface area contributed by atoms with Crippen LogP contribution in [0.25, 0.3) is 33.4 Å². The largest absolute Gasteiger partial charge is 0.469 e. The van der Waals surface area contributed by atoms with Crippen LogP contribution in [-0.2, 0) is 103 Å². The summed E-state index contributed by atoms with van der Waals surface area (Å²) in [6.07, 6.45) is -1.39. The van der Waals surface area contributed by atoms with Crippen molar-refractivity contribution < 1.29 is 95.4 Å². The number of rotatable bonds is 36. The van der Waals surface area contributed by atoms with Crippen LogP contribution >= 0.6 is 0 Å². The first-order valence-corrected chi connectivity index (χ1v) is 35.9. The molecule has 109 heavy (non-hydrogen) atoms. The number of hydrogen-bond donors (Lipinski definition) is 11. The second-order valence-electron chi connectivity index (χ2n) is 26.9. The molecule has 0 saturated carbocycles. The Kier molecular flexibility index (Phi) is 27.1. The second-order valence-corrected chi connectivity index (χ2v) is 26.9. The number of cyclic esters (lactones) is 1. The summed E-state index contributed by atoms with van der Waals surface area (Å²) in [6.45, 7) is 5.22. The van der Waals surface area contributed by atoms with Crippen molar-refractivity contribution in [2.24, 2.45) is 11.7 Å². The lowest BCUT2D eigenvalue weighted by atomic mass is 9.81. The van der Waals surface area contributed by atoms with E-state index in [2.05, 4.69) is 60.0 Å². The topological polar surface area (TPSA) is 442 Å². The van der Waals surface area contributed by atoms with E-state index in [1.165, 1.54) is 42.0 Å². The molecule has 10 amide bonds.